The highest BCUT2D eigenvalue weighted by molar-refractivity contribution is 5.91. The zero-order chi connectivity index (χ0) is 12.5. The molecule has 0 atom stereocenters. The summed E-state index contributed by atoms with van der Waals surface area (Å²) < 4.78 is 5.57. The van der Waals surface area contributed by atoms with Gasteiger partial charge in [0.25, 0.3) is 0 Å². The van der Waals surface area contributed by atoms with E-state index < -0.39 is 0 Å². The van der Waals surface area contributed by atoms with Crippen LogP contribution in [0.25, 0.3) is 11.0 Å². The van der Waals surface area contributed by atoms with Crippen LogP contribution in [0.5, 0.6) is 0 Å². The van der Waals surface area contributed by atoms with Gasteiger partial charge in [-0.1, -0.05) is 12.1 Å². The average molecular weight is 243 g/mol. The Labute approximate surface area is 106 Å². The number of Topliss-reactive ketones (excluding diaryl/α,β-unsaturated/α-hetero) is 1. The number of carbonyl (C=O) groups is 1. The first-order valence-corrected chi connectivity index (χ1v) is 6.46. The average Bonchev–Trinajstić information content (AvgIpc) is 2.82. The highest BCUT2D eigenvalue weighted by Crippen LogP contribution is 2.32. The van der Waals surface area contributed by atoms with Crippen molar-refractivity contribution in [1.29, 1.82) is 0 Å². The van der Waals surface area contributed by atoms with Gasteiger partial charge < -0.3 is 9.32 Å². The fourth-order valence-electron chi connectivity index (χ4n) is 2.75. The number of furan rings is 1. The van der Waals surface area contributed by atoms with E-state index in [4.69, 9.17) is 4.42 Å². The lowest BCUT2D eigenvalue weighted by Gasteiger charge is -2.31. The van der Waals surface area contributed by atoms with E-state index in [1.807, 2.05) is 24.5 Å². The Bertz CT molecular complexity index is 563. The number of ketones is 1. The Morgan fingerprint density at radius 2 is 1.94 bits per heavy atom. The standard InChI is InChI=1S/C15H17NO2/c1-16(11-6-8-12(17)9-7-11)14-10-18-15-5-3-2-4-13(14)15/h2-5,10-11H,6-9H2,1H3. The van der Waals surface area contributed by atoms with E-state index >= 15 is 0 Å². The van der Waals surface area contributed by atoms with Gasteiger partial charge in [0, 0.05) is 31.3 Å². The largest absolute Gasteiger partial charge is 0.462 e. The Balaban J connectivity index is 1.87. The van der Waals surface area contributed by atoms with Gasteiger partial charge in [0.15, 0.2) is 0 Å². The minimum atomic E-state index is 0.400. The highest BCUT2D eigenvalue weighted by atomic mass is 16.3. The summed E-state index contributed by atoms with van der Waals surface area (Å²) in [6, 6.07) is 8.52. The number of carbonyl (C=O) groups excluding carboxylic acids is 1. The molecule has 2 aromatic rings. The van der Waals surface area contributed by atoms with Crippen LogP contribution >= 0.6 is 0 Å². The molecule has 1 aromatic carbocycles. The van der Waals surface area contributed by atoms with Crippen molar-refractivity contribution in [3.8, 4) is 0 Å². The van der Waals surface area contributed by atoms with Crippen molar-refractivity contribution >= 4 is 22.4 Å². The third kappa shape index (κ3) is 1.90. The maximum absolute atomic E-state index is 11.3. The predicted molar refractivity (Wildman–Crippen MR) is 71.9 cm³/mol. The summed E-state index contributed by atoms with van der Waals surface area (Å²) in [5.41, 5.74) is 2.05. The van der Waals surface area contributed by atoms with Crippen molar-refractivity contribution in [3.05, 3.63) is 30.5 Å². The molecule has 3 nitrogen and oxygen atoms in total. The van der Waals surface area contributed by atoms with Crippen LogP contribution in [0.15, 0.2) is 34.9 Å². The van der Waals surface area contributed by atoms with Crippen molar-refractivity contribution in [2.45, 2.75) is 31.7 Å². The summed E-state index contributed by atoms with van der Waals surface area (Å²) in [4.78, 5) is 13.6. The van der Waals surface area contributed by atoms with Crippen LogP contribution in [-0.4, -0.2) is 18.9 Å². The van der Waals surface area contributed by atoms with E-state index in [9.17, 15) is 4.79 Å². The normalized spacial score (nSPS) is 17.3. The van der Waals surface area contributed by atoms with Crippen molar-refractivity contribution in [1.82, 2.24) is 0 Å². The monoisotopic (exact) mass is 243 g/mol. The maximum atomic E-state index is 11.3. The molecule has 3 rings (SSSR count). The molecule has 1 fully saturated rings. The second-order valence-corrected chi connectivity index (χ2v) is 5.00. The lowest BCUT2D eigenvalue weighted by Crippen LogP contribution is -2.35. The lowest BCUT2D eigenvalue weighted by atomic mass is 9.93. The van der Waals surface area contributed by atoms with Crippen molar-refractivity contribution < 1.29 is 9.21 Å². The molecule has 0 N–H and O–H groups in total. The number of nitrogens with zero attached hydrogens (tertiary/aromatic N) is 1. The maximum Gasteiger partial charge on any atom is 0.136 e. The van der Waals surface area contributed by atoms with Gasteiger partial charge in [-0.05, 0) is 25.0 Å². The minimum Gasteiger partial charge on any atom is -0.462 e. The predicted octanol–water partition coefficient (Wildman–Crippen LogP) is 3.38. The Kier molecular flexibility index (Phi) is 2.82. The Hall–Kier alpha value is -1.77. The van der Waals surface area contributed by atoms with Gasteiger partial charge in [-0.15, -0.1) is 0 Å². The molecule has 1 heterocycles. The van der Waals surface area contributed by atoms with Gasteiger partial charge in [0.1, 0.15) is 17.6 Å². The summed E-state index contributed by atoms with van der Waals surface area (Å²) in [6.07, 6.45) is 5.15. The molecular weight excluding hydrogens is 226 g/mol. The zero-order valence-corrected chi connectivity index (χ0v) is 10.6. The minimum absolute atomic E-state index is 0.400. The van der Waals surface area contributed by atoms with Crippen molar-refractivity contribution in [3.63, 3.8) is 0 Å². The first-order valence-electron chi connectivity index (χ1n) is 6.46. The molecule has 0 saturated heterocycles. The first kappa shape index (κ1) is 11.3. The van der Waals surface area contributed by atoms with E-state index in [2.05, 4.69) is 18.0 Å². The molecule has 94 valence electrons. The van der Waals surface area contributed by atoms with Gasteiger partial charge >= 0.3 is 0 Å². The van der Waals surface area contributed by atoms with E-state index in [0.717, 1.165) is 29.5 Å². The number of anilines is 1. The number of hydrogen-bond acceptors (Lipinski definition) is 3. The third-order valence-corrected chi connectivity index (χ3v) is 3.90. The van der Waals surface area contributed by atoms with E-state index in [1.165, 1.54) is 0 Å². The molecule has 0 radical (unpaired) electrons. The van der Waals surface area contributed by atoms with Crippen LogP contribution in [0.4, 0.5) is 5.69 Å². The second-order valence-electron chi connectivity index (χ2n) is 5.00. The summed E-state index contributed by atoms with van der Waals surface area (Å²) in [5, 5.41) is 1.15. The SMILES string of the molecule is CN(c1coc2ccccc12)C1CCC(=O)CC1. The van der Waals surface area contributed by atoms with Gasteiger partial charge in [-0.3, -0.25) is 4.79 Å². The van der Waals surface area contributed by atoms with Crippen LogP contribution in [0.1, 0.15) is 25.7 Å². The number of fused-ring (bicyclic) bond motifs is 1. The van der Waals surface area contributed by atoms with Gasteiger partial charge in [0.2, 0.25) is 0 Å². The number of hydrogen-bond donors (Lipinski definition) is 0. The lowest BCUT2D eigenvalue weighted by molar-refractivity contribution is -0.120. The molecule has 0 spiro atoms. The third-order valence-electron chi connectivity index (χ3n) is 3.90. The Morgan fingerprint density at radius 3 is 2.72 bits per heavy atom. The van der Waals surface area contributed by atoms with Gasteiger partial charge in [-0.25, -0.2) is 0 Å². The zero-order valence-electron chi connectivity index (χ0n) is 10.6. The van der Waals surface area contributed by atoms with Crippen molar-refractivity contribution in [2.24, 2.45) is 0 Å². The molecule has 0 bridgehead atoms. The molecule has 1 saturated carbocycles. The summed E-state index contributed by atoms with van der Waals surface area (Å²) in [5.74, 6) is 0.400. The molecular formula is C15H17NO2. The summed E-state index contributed by atoms with van der Waals surface area (Å²) in [7, 11) is 2.09. The van der Waals surface area contributed by atoms with Crippen LogP contribution in [0.2, 0.25) is 0 Å². The van der Waals surface area contributed by atoms with E-state index in [1.54, 1.807) is 0 Å². The van der Waals surface area contributed by atoms with Crippen LogP contribution in [0.3, 0.4) is 0 Å². The molecule has 3 heteroatoms. The van der Waals surface area contributed by atoms with Crippen LogP contribution < -0.4 is 4.90 Å². The smallest absolute Gasteiger partial charge is 0.136 e. The van der Waals surface area contributed by atoms with E-state index in [0.29, 0.717) is 24.7 Å². The Morgan fingerprint density at radius 1 is 1.22 bits per heavy atom. The summed E-state index contributed by atoms with van der Waals surface area (Å²) >= 11 is 0. The molecule has 1 aliphatic carbocycles. The van der Waals surface area contributed by atoms with Crippen LogP contribution in [-0.2, 0) is 4.79 Å². The molecule has 0 unspecified atom stereocenters. The number of benzene rings is 1. The molecule has 1 aliphatic rings. The topological polar surface area (TPSA) is 33.5 Å². The van der Waals surface area contributed by atoms with E-state index in [-0.39, 0.29) is 0 Å². The number of rotatable bonds is 2. The second kappa shape index (κ2) is 4.48. The summed E-state index contributed by atoms with van der Waals surface area (Å²) in [6.45, 7) is 0. The van der Waals surface area contributed by atoms with Gasteiger partial charge in [0.05, 0.1) is 5.69 Å². The highest BCUT2D eigenvalue weighted by Gasteiger charge is 2.24. The molecule has 18 heavy (non-hydrogen) atoms. The first-order chi connectivity index (χ1) is 8.75. The molecule has 0 aliphatic heterocycles. The van der Waals surface area contributed by atoms with Gasteiger partial charge in [-0.2, -0.15) is 0 Å². The fraction of sp³-hybridized carbons (Fsp3) is 0.400. The molecule has 1 aromatic heterocycles. The number of para-hydroxylation sites is 1. The quantitative estimate of drug-likeness (QED) is 0.810. The van der Waals surface area contributed by atoms with Crippen LogP contribution in [0, 0.1) is 0 Å². The molecule has 0 amide bonds. The van der Waals surface area contributed by atoms with Crippen molar-refractivity contribution in [2.75, 3.05) is 11.9 Å². The fourth-order valence-corrected chi connectivity index (χ4v) is 2.75.